The van der Waals surface area contributed by atoms with Gasteiger partial charge in [0, 0.05) is 32.1 Å². The first-order valence-electron chi connectivity index (χ1n) is 8.78. The third kappa shape index (κ3) is 3.73. The fourth-order valence-electron chi connectivity index (χ4n) is 3.20. The number of anilines is 1. The molecule has 3 rings (SSSR count). The molecule has 25 heavy (non-hydrogen) atoms. The summed E-state index contributed by atoms with van der Waals surface area (Å²) in [6.45, 7) is 3.62. The van der Waals surface area contributed by atoms with Crippen LogP contribution in [-0.2, 0) is 11.2 Å². The SMILES string of the molecule is CCc1ccc(-n2nc(N3CCC(C(=O)NC)CC3)ccc2=O)cc1. The monoisotopic (exact) mass is 340 g/mol. The van der Waals surface area contributed by atoms with Crippen LogP contribution < -0.4 is 15.8 Å². The molecule has 0 bridgehead atoms. The summed E-state index contributed by atoms with van der Waals surface area (Å²) in [4.78, 5) is 26.1. The lowest BCUT2D eigenvalue weighted by atomic mass is 9.96. The van der Waals surface area contributed by atoms with E-state index in [1.165, 1.54) is 10.2 Å². The number of carbonyl (C=O) groups excluding carboxylic acids is 1. The second-order valence-electron chi connectivity index (χ2n) is 6.34. The summed E-state index contributed by atoms with van der Waals surface area (Å²) >= 11 is 0. The van der Waals surface area contributed by atoms with Gasteiger partial charge in [-0.1, -0.05) is 19.1 Å². The second kappa shape index (κ2) is 7.51. The molecule has 2 aromatic rings. The molecule has 1 aromatic carbocycles. The number of benzene rings is 1. The summed E-state index contributed by atoms with van der Waals surface area (Å²) in [7, 11) is 1.68. The highest BCUT2D eigenvalue weighted by Gasteiger charge is 2.25. The molecule has 6 heteroatoms. The number of aromatic nitrogens is 2. The van der Waals surface area contributed by atoms with Crippen molar-refractivity contribution >= 4 is 11.7 Å². The maximum Gasteiger partial charge on any atom is 0.271 e. The Morgan fingerprint density at radius 1 is 1.16 bits per heavy atom. The molecule has 0 saturated carbocycles. The Kier molecular flexibility index (Phi) is 5.16. The van der Waals surface area contributed by atoms with Crippen LogP contribution in [0.5, 0.6) is 0 Å². The van der Waals surface area contributed by atoms with Gasteiger partial charge in [0.2, 0.25) is 5.91 Å². The molecule has 1 aromatic heterocycles. The zero-order chi connectivity index (χ0) is 17.8. The Hall–Kier alpha value is -2.63. The van der Waals surface area contributed by atoms with Gasteiger partial charge in [-0.05, 0) is 43.0 Å². The Labute approximate surface area is 147 Å². The van der Waals surface area contributed by atoms with Crippen LogP contribution in [0.2, 0.25) is 0 Å². The largest absolute Gasteiger partial charge is 0.359 e. The van der Waals surface area contributed by atoms with Gasteiger partial charge in [0.15, 0.2) is 0 Å². The highest BCUT2D eigenvalue weighted by Crippen LogP contribution is 2.21. The van der Waals surface area contributed by atoms with Crippen molar-refractivity contribution in [2.75, 3.05) is 25.0 Å². The van der Waals surface area contributed by atoms with Crippen molar-refractivity contribution in [3.05, 3.63) is 52.3 Å². The lowest BCUT2D eigenvalue weighted by molar-refractivity contribution is -0.125. The normalized spacial score (nSPS) is 15.2. The van der Waals surface area contributed by atoms with E-state index in [1.54, 1.807) is 19.2 Å². The van der Waals surface area contributed by atoms with Gasteiger partial charge in [-0.3, -0.25) is 9.59 Å². The van der Waals surface area contributed by atoms with Crippen LogP contribution >= 0.6 is 0 Å². The predicted molar refractivity (Wildman–Crippen MR) is 98.2 cm³/mol. The molecule has 0 radical (unpaired) electrons. The predicted octanol–water partition coefficient (Wildman–Crippen LogP) is 1.76. The summed E-state index contributed by atoms with van der Waals surface area (Å²) in [6.07, 6.45) is 2.56. The molecular weight excluding hydrogens is 316 g/mol. The van der Waals surface area contributed by atoms with E-state index < -0.39 is 0 Å². The average Bonchev–Trinajstić information content (AvgIpc) is 2.68. The van der Waals surface area contributed by atoms with Crippen LogP contribution in [0.1, 0.15) is 25.3 Å². The first kappa shape index (κ1) is 17.2. The van der Waals surface area contributed by atoms with Crippen molar-refractivity contribution < 1.29 is 4.79 Å². The van der Waals surface area contributed by atoms with Gasteiger partial charge in [0.05, 0.1) is 5.69 Å². The van der Waals surface area contributed by atoms with Crippen molar-refractivity contribution in [3.8, 4) is 5.69 Å². The Morgan fingerprint density at radius 2 is 1.84 bits per heavy atom. The molecule has 1 aliphatic rings. The molecule has 1 fully saturated rings. The van der Waals surface area contributed by atoms with Crippen molar-refractivity contribution in [1.29, 1.82) is 0 Å². The number of amides is 1. The molecule has 0 spiro atoms. The first-order chi connectivity index (χ1) is 12.1. The van der Waals surface area contributed by atoms with Gasteiger partial charge in [-0.2, -0.15) is 4.68 Å². The average molecular weight is 340 g/mol. The minimum atomic E-state index is -0.145. The number of nitrogens with one attached hydrogen (secondary N) is 1. The molecule has 132 valence electrons. The number of hydrogen-bond acceptors (Lipinski definition) is 4. The maximum absolute atomic E-state index is 12.2. The third-order valence-corrected chi connectivity index (χ3v) is 4.81. The molecule has 1 amide bonds. The van der Waals surface area contributed by atoms with Crippen LogP contribution in [0.25, 0.3) is 5.69 Å². The number of hydrogen-bond donors (Lipinski definition) is 1. The van der Waals surface area contributed by atoms with Crippen LogP contribution in [0.15, 0.2) is 41.2 Å². The van der Waals surface area contributed by atoms with Crippen molar-refractivity contribution in [2.45, 2.75) is 26.2 Å². The molecule has 0 aliphatic carbocycles. The molecule has 0 atom stereocenters. The summed E-state index contributed by atoms with van der Waals surface area (Å²) in [5, 5.41) is 7.26. The van der Waals surface area contributed by atoms with Crippen LogP contribution in [0, 0.1) is 5.92 Å². The number of aryl methyl sites for hydroxylation is 1. The zero-order valence-corrected chi connectivity index (χ0v) is 14.7. The lowest BCUT2D eigenvalue weighted by Crippen LogP contribution is -2.40. The van der Waals surface area contributed by atoms with Gasteiger partial charge < -0.3 is 10.2 Å². The summed E-state index contributed by atoms with van der Waals surface area (Å²) in [5.41, 5.74) is 1.85. The minimum absolute atomic E-state index is 0.0637. The number of piperidine rings is 1. The molecule has 1 saturated heterocycles. The number of nitrogens with zero attached hydrogens (tertiary/aromatic N) is 3. The van der Waals surface area contributed by atoms with E-state index in [0.29, 0.717) is 0 Å². The summed E-state index contributed by atoms with van der Waals surface area (Å²) in [5.74, 6) is 0.942. The smallest absolute Gasteiger partial charge is 0.271 e. The Balaban J connectivity index is 1.80. The summed E-state index contributed by atoms with van der Waals surface area (Å²) < 4.78 is 1.44. The first-order valence-corrected chi connectivity index (χ1v) is 8.78. The molecule has 6 nitrogen and oxygen atoms in total. The van der Waals surface area contributed by atoms with E-state index in [0.717, 1.165) is 43.9 Å². The fourth-order valence-corrected chi connectivity index (χ4v) is 3.20. The van der Waals surface area contributed by atoms with E-state index in [2.05, 4.69) is 22.2 Å². The molecule has 0 unspecified atom stereocenters. The molecular formula is C19H24N4O2. The van der Waals surface area contributed by atoms with Crippen LogP contribution in [0.4, 0.5) is 5.82 Å². The van der Waals surface area contributed by atoms with Gasteiger partial charge >= 0.3 is 0 Å². The summed E-state index contributed by atoms with van der Waals surface area (Å²) in [6, 6.07) is 11.2. The van der Waals surface area contributed by atoms with Gasteiger partial charge in [-0.25, -0.2) is 0 Å². The lowest BCUT2D eigenvalue weighted by Gasteiger charge is -2.31. The molecule has 1 aliphatic heterocycles. The maximum atomic E-state index is 12.2. The Bertz CT molecular complexity index is 790. The van der Waals surface area contributed by atoms with E-state index in [4.69, 9.17) is 0 Å². The number of rotatable bonds is 4. The highest BCUT2D eigenvalue weighted by molar-refractivity contribution is 5.78. The van der Waals surface area contributed by atoms with E-state index in [9.17, 15) is 9.59 Å². The van der Waals surface area contributed by atoms with E-state index >= 15 is 0 Å². The highest BCUT2D eigenvalue weighted by atomic mass is 16.2. The number of carbonyl (C=O) groups is 1. The van der Waals surface area contributed by atoms with Gasteiger partial charge in [-0.15, -0.1) is 5.10 Å². The fraction of sp³-hybridized carbons (Fsp3) is 0.421. The van der Waals surface area contributed by atoms with Gasteiger partial charge in [0.25, 0.3) is 5.56 Å². The minimum Gasteiger partial charge on any atom is -0.359 e. The van der Waals surface area contributed by atoms with Crippen LogP contribution in [-0.4, -0.2) is 35.8 Å². The zero-order valence-electron chi connectivity index (χ0n) is 14.7. The van der Waals surface area contributed by atoms with E-state index in [-0.39, 0.29) is 17.4 Å². The van der Waals surface area contributed by atoms with Crippen molar-refractivity contribution in [1.82, 2.24) is 15.1 Å². The third-order valence-electron chi connectivity index (χ3n) is 4.81. The van der Waals surface area contributed by atoms with Crippen molar-refractivity contribution in [3.63, 3.8) is 0 Å². The Morgan fingerprint density at radius 3 is 2.44 bits per heavy atom. The quantitative estimate of drug-likeness (QED) is 0.921. The molecule has 1 N–H and O–H groups in total. The standard InChI is InChI=1S/C19H24N4O2/c1-3-14-4-6-16(7-5-14)23-18(24)9-8-17(21-23)22-12-10-15(11-13-22)19(25)20-2/h4-9,15H,3,10-13H2,1-2H3,(H,20,25). The van der Waals surface area contributed by atoms with Crippen LogP contribution in [0.3, 0.4) is 0 Å². The van der Waals surface area contributed by atoms with E-state index in [1.807, 2.05) is 24.3 Å². The van der Waals surface area contributed by atoms with Gasteiger partial charge in [0.1, 0.15) is 5.82 Å². The second-order valence-corrected chi connectivity index (χ2v) is 6.34. The topological polar surface area (TPSA) is 67.2 Å². The molecule has 2 heterocycles. The van der Waals surface area contributed by atoms with Crippen molar-refractivity contribution in [2.24, 2.45) is 5.92 Å².